The Morgan fingerprint density at radius 1 is 1.31 bits per heavy atom. The second-order valence-electron chi connectivity index (χ2n) is 4.20. The number of rotatable bonds is 5. The van der Waals surface area contributed by atoms with Crippen molar-refractivity contribution in [2.75, 3.05) is 26.2 Å². The third-order valence-electron chi connectivity index (χ3n) is 3.19. The molecule has 1 unspecified atom stereocenters. The Labute approximate surface area is 96.4 Å². The maximum absolute atomic E-state index is 12.0. The molecular weight excluding hydrogens is 206 g/mol. The van der Waals surface area contributed by atoms with Gasteiger partial charge >= 0.3 is 0 Å². The van der Waals surface area contributed by atoms with Gasteiger partial charge in [-0.3, -0.25) is 9.59 Å². The Morgan fingerprint density at radius 2 is 2.06 bits per heavy atom. The molecule has 1 aliphatic heterocycles. The lowest BCUT2D eigenvalue weighted by Crippen LogP contribution is -2.45. The minimum Gasteiger partial charge on any atom is -0.355 e. The first-order chi connectivity index (χ1) is 7.64. The van der Waals surface area contributed by atoms with Gasteiger partial charge in [-0.15, -0.1) is 0 Å². The maximum Gasteiger partial charge on any atom is 0.239 e. The Bertz CT molecular complexity index is 260. The topological polar surface area (TPSA) is 70.2 Å². The van der Waals surface area contributed by atoms with E-state index in [0.29, 0.717) is 13.1 Å². The lowest BCUT2D eigenvalue weighted by atomic mass is 9.83. The van der Waals surface area contributed by atoms with E-state index < -0.39 is 0 Å². The number of hydrogen-bond donors (Lipinski definition) is 3. The molecule has 1 aliphatic rings. The van der Waals surface area contributed by atoms with Crippen LogP contribution in [0, 0.1) is 5.41 Å². The molecule has 1 rings (SSSR count). The first-order valence-electron chi connectivity index (χ1n) is 5.90. The highest BCUT2D eigenvalue weighted by Gasteiger charge is 2.39. The lowest BCUT2D eigenvalue weighted by molar-refractivity contribution is -0.132. The van der Waals surface area contributed by atoms with Crippen LogP contribution < -0.4 is 16.0 Å². The zero-order valence-electron chi connectivity index (χ0n) is 10.1. The number of amides is 2. The first kappa shape index (κ1) is 13.0. The highest BCUT2D eigenvalue weighted by molar-refractivity contribution is 5.88. The van der Waals surface area contributed by atoms with Crippen molar-refractivity contribution in [1.29, 1.82) is 0 Å². The van der Waals surface area contributed by atoms with Gasteiger partial charge in [-0.1, -0.05) is 6.92 Å². The molecule has 1 saturated heterocycles. The molecular formula is C11H21N3O2. The minimum absolute atomic E-state index is 0.00810. The molecule has 0 aromatic heterocycles. The van der Waals surface area contributed by atoms with E-state index >= 15 is 0 Å². The molecule has 0 bridgehead atoms. The highest BCUT2D eigenvalue weighted by Crippen LogP contribution is 2.29. The van der Waals surface area contributed by atoms with E-state index in [1.165, 1.54) is 0 Å². The normalized spacial score (nSPS) is 24.1. The van der Waals surface area contributed by atoms with Crippen LogP contribution in [0.15, 0.2) is 0 Å². The molecule has 1 atom stereocenters. The number of carbonyl (C=O) groups excluding carboxylic acids is 2. The van der Waals surface area contributed by atoms with Crippen LogP contribution in [0.5, 0.6) is 0 Å². The van der Waals surface area contributed by atoms with Crippen molar-refractivity contribution in [3.05, 3.63) is 0 Å². The molecule has 92 valence electrons. The number of hydrogen-bond acceptors (Lipinski definition) is 3. The largest absolute Gasteiger partial charge is 0.355 e. The smallest absolute Gasteiger partial charge is 0.239 e. The average molecular weight is 227 g/mol. The zero-order chi connectivity index (χ0) is 12.0. The second-order valence-corrected chi connectivity index (χ2v) is 4.20. The van der Waals surface area contributed by atoms with E-state index in [4.69, 9.17) is 0 Å². The van der Waals surface area contributed by atoms with Crippen molar-refractivity contribution in [1.82, 2.24) is 16.0 Å². The van der Waals surface area contributed by atoms with Crippen LogP contribution in [0.25, 0.3) is 0 Å². The molecule has 0 aromatic carbocycles. The zero-order valence-corrected chi connectivity index (χ0v) is 10.1. The second kappa shape index (κ2) is 5.84. The molecule has 0 spiro atoms. The van der Waals surface area contributed by atoms with Gasteiger partial charge in [0.25, 0.3) is 0 Å². The molecule has 0 radical (unpaired) electrons. The molecule has 3 N–H and O–H groups in total. The molecule has 1 fully saturated rings. The summed E-state index contributed by atoms with van der Waals surface area (Å²) in [6.45, 7) is 6.13. The van der Waals surface area contributed by atoms with Gasteiger partial charge in [-0.25, -0.2) is 0 Å². The van der Waals surface area contributed by atoms with Gasteiger partial charge < -0.3 is 16.0 Å². The van der Waals surface area contributed by atoms with Gasteiger partial charge in [0.15, 0.2) is 0 Å². The maximum atomic E-state index is 12.0. The van der Waals surface area contributed by atoms with Crippen molar-refractivity contribution in [2.45, 2.75) is 26.7 Å². The number of carbonyl (C=O) groups is 2. The predicted octanol–water partition coefficient (Wildman–Crippen LogP) is -0.372. The molecule has 16 heavy (non-hydrogen) atoms. The third kappa shape index (κ3) is 2.95. The monoisotopic (exact) mass is 227 g/mol. The van der Waals surface area contributed by atoms with Crippen LogP contribution in [0.4, 0.5) is 0 Å². The lowest BCUT2D eigenvalue weighted by Gasteiger charge is -2.24. The fourth-order valence-corrected chi connectivity index (χ4v) is 2.01. The summed E-state index contributed by atoms with van der Waals surface area (Å²) in [5.74, 6) is -0.140. The van der Waals surface area contributed by atoms with Crippen LogP contribution in [0.3, 0.4) is 0 Å². The molecule has 0 aromatic rings. The van der Waals surface area contributed by atoms with E-state index in [9.17, 15) is 9.59 Å². The SMILES string of the molecule is CCNC(=O)CNC(=O)C1(CC)CCNC1. The van der Waals surface area contributed by atoms with Crippen molar-refractivity contribution in [2.24, 2.45) is 5.41 Å². The van der Waals surface area contributed by atoms with Gasteiger partial charge in [0, 0.05) is 13.1 Å². The predicted molar refractivity (Wildman–Crippen MR) is 61.9 cm³/mol. The quantitative estimate of drug-likeness (QED) is 0.600. The molecule has 1 heterocycles. The highest BCUT2D eigenvalue weighted by atomic mass is 16.2. The molecule has 0 saturated carbocycles. The average Bonchev–Trinajstić information content (AvgIpc) is 2.76. The number of likely N-dealkylation sites (N-methyl/N-ethyl adjacent to an activating group) is 1. The number of nitrogens with one attached hydrogen (secondary N) is 3. The van der Waals surface area contributed by atoms with Crippen LogP contribution in [0.2, 0.25) is 0 Å². The van der Waals surface area contributed by atoms with Crippen LogP contribution >= 0.6 is 0 Å². The Hall–Kier alpha value is -1.10. The summed E-state index contributed by atoms with van der Waals surface area (Å²) in [4.78, 5) is 23.2. The first-order valence-corrected chi connectivity index (χ1v) is 5.90. The Kier molecular flexibility index (Phi) is 4.73. The summed E-state index contributed by atoms with van der Waals surface area (Å²) in [5.41, 5.74) is -0.313. The summed E-state index contributed by atoms with van der Waals surface area (Å²) in [6, 6.07) is 0. The van der Waals surface area contributed by atoms with E-state index in [2.05, 4.69) is 16.0 Å². The van der Waals surface area contributed by atoms with E-state index in [-0.39, 0.29) is 23.8 Å². The third-order valence-corrected chi connectivity index (χ3v) is 3.19. The summed E-state index contributed by atoms with van der Waals surface area (Å²) in [7, 11) is 0. The minimum atomic E-state index is -0.313. The van der Waals surface area contributed by atoms with Crippen molar-refractivity contribution in [3.63, 3.8) is 0 Å². The summed E-state index contributed by atoms with van der Waals surface area (Å²) in [6.07, 6.45) is 1.66. The van der Waals surface area contributed by atoms with Crippen molar-refractivity contribution in [3.8, 4) is 0 Å². The van der Waals surface area contributed by atoms with Gasteiger partial charge in [0.1, 0.15) is 0 Å². The van der Waals surface area contributed by atoms with E-state index in [0.717, 1.165) is 19.4 Å². The molecule has 5 nitrogen and oxygen atoms in total. The van der Waals surface area contributed by atoms with Gasteiger partial charge in [0.2, 0.25) is 11.8 Å². The molecule has 2 amide bonds. The van der Waals surface area contributed by atoms with Gasteiger partial charge in [-0.05, 0) is 26.3 Å². The van der Waals surface area contributed by atoms with Crippen LogP contribution in [-0.4, -0.2) is 38.0 Å². The Morgan fingerprint density at radius 3 is 2.56 bits per heavy atom. The Balaban J connectivity index is 2.41. The standard InChI is InChI=1S/C11H21N3O2/c1-3-11(5-6-12-8-11)10(16)14-7-9(15)13-4-2/h12H,3-8H2,1-2H3,(H,13,15)(H,14,16). The summed E-state index contributed by atoms with van der Waals surface area (Å²) < 4.78 is 0. The van der Waals surface area contributed by atoms with Gasteiger partial charge in [-0.2, -0.15) is 0 Å². The van der Waals surface area contributed by atoms with Crippen molar-refractivity contribution >= 4 is 11.8 Å². The molecule has 5 heteroatoms. The molecule has 0 aliphatic carbocycles. The van der Waals surface area contributed by atoms with Gasteiger partial charge in [0.05, 0.1) is 12.0 Å². The van der Waals surface area contributed by atoms with Crippen molar-refractivity contribution < 1.29 is 9.59 Å². The summed E-state index contributed by atoms with van der Waals surface area (Å²) >= 11 is 0. The fraction of sp³-hybridized carbons (Fsp3) is 0.818. The van der Waals surface area contributed by atoms with E-state index in [1.807, 2.05) is 13.8 Å². The van der Waals surface area contributed by atoms with Crippen LogP contribution in [-0.2, 0) is 9.59 Å². The summed E-state index contributed by atoms with van der Waals surface area (Å²) in [5, 5.41) is 8.56. The van der Waals surface area contributed by atoms with E-state index in [1.54, 1.807) is 0 Å². The fourth-order valence-electron chi connectivity index (χ4n) is 2.01. The van der Waals surface area contributed by atoms with Crippen LogP contribution in [0.1, 0.15) is 26.7 Å².